The quantitative estimate of drug-likeness (QED) is 0.862. The molecule has 22 heavy (non-hydrogen) atoms. The van der Waals surface area contributed by atoms with E-state index in [2.05, 4.69) is 0 Å². The van der Waals surface area contributed by atoms with E-state index < -0.39 is 16.2 Å². The fourth-order valence-corrected chi connectivity index (χ4v) is 4.47. The third-order valence-corrected chi connectivity index (χ3v) is 5.93. The average molecular weight is 325 g/mol. The Balaban J connectivity index is 1.63. The molecule has 120 valence electrons. The van der Waals surface area contributed by atoms with Crippen LogP contribution in [-0.4, -0.2) is 43.7 Å². The van der Waals surface area contributed by atoms with Crippen molar-refractivity contribution in [2.75, 3.05) is 13.1 Å². The molecule has 1 aliphatic carbocycles. The zero-order chi connectivity index (χ0) is 16.0. The Labute approximate surface area is 129 Å². The lowest BCUT2D eigenvalue weighted by Gasteiger charge is -2.46. The third-order valence-electron chi connectivity index (χ3n) is 4.55. The van der Waals surface area contributed by atoms with Gasteiger partial charge in [-0.1, -0.05) is 17.7 Å². The largest absolute Gasteiger partial charge is 0.465 e. The van der Waals surface area contributed by atoms with Crippen LogP contribution >= 0.6 is 0 Å². The first kappa shape index (κ1) is 15.3. The van der Waals surface area contributed by atoms with Crippen molar-refractivity contribution in [3.05, 3.63) is 29.8 Å². The van der Waals surface area contributed by atoms with E-state index in [1.807, 2.05) is 6.92 Å². The number of rotatable bonds is 3. The second-order valence-corrected chi connectivity index (χ2v) is 7.94. The molecule has 1 amide bonds. The van der Waals surface area contributed by atoms with Crippen molar-refractivity contribution in [1.29, 1.82) is 0 Å². The molecule has 1 saturated carbocycles. The minimum absolute atomic E-state index is 0.0914. The summed E-state index contributed by atoms with van der Waals surface area (Å²) in [5, 5.41) is 8.90. The van der Waals surface area contributed by atoms with Crippen LogP contribution in [0.1, 0.15) is 24.8 Å². The maximum atomic E-state index is 12.3. The summed E-state index contributed by atoms with van der Waals surface area (Å²) in [4.78, 5) is 12.4. The number of hydrogen-bond donors (Lipinski definition) is 1. The van der Waals surface area contributed by atoms with E-state index in [9.17, 15) is 13.2 Å². The smallest absolute Gasteiger partial charge is 0.407 e. The van der Waals surface area contributed by atoms with Crippen LogP contribution in [0.4, 0.5) is 4.79 Å². The highest BCUT2D eigenvalue weighted by atomic mass is 32.2. The number of benzene rings is 1. The lowest BCUT2D eigenvalue weighted by Crippen LogP contribution is -2.57. The molecule has 1 aliphatic heterocycles. The molecule has 2 fully saturated rings. The van der Waals surface area contributed by atoms with Crippen molar-refractivity contribution in [1.82, 2.24) is 4.90 Å². The summed E-state index contributed by atoms with van der Waals surface area (Å²) in [6.45, 7) is 2.85. The molecule has 1 aromatic carbocycles. The predicted octanol–water partition coefficient (Wildman–Crippen LogP) is 2.23. The Hall–Kier alpha value is -1.60. The molecule has 1 atom stereocenters. The van der Waals surface area contributed by atoms with Crippen LogP contribution in [0.2, 0.25) is 0 Å². The molecular weight excluding hydrogens is 306 g/mol. The molecule has 2 aliphatic rings. The number of nitrogens with zero attached hydrogens (tertiary/aromatic N) is 1. The molecular formula is C15H19NO5S. The van der Waals surface area contributed by atoms with Crippen molar-refractivity contribution in [3.8, 4) is 0 Å². The Morgan fingerprint density at radius 1 is 1.32 bits per heavy atom. The van der Waals surface area contributed by atoms with Crippen LogP contribution < -0.4 is 0 Å². The third kappa shape index (κ3) is 2.83. The standard InChI is InChI=1S/C15H19NO5S/c1-11-2-4-13(5-3-11)22(19,20)21-12-6-7-15(8-12)9-16(10-15)14(17)18/h2-5,12H,6-10H2,1H3,(H,17,18)/t12-/m0/s1. The predicted molar refractivity (Wildman–Crippen MR) is 79.1 cm³/mol. The summed E-state index contributed by atoms with van der Waals surface area (Å²) in [7, 11) is -3.75. The van der Waals surface area contributed by atoms with E-state index in [1.54, 1.807) is 24.3 Å². The summed E-state index contributed by atoms with van der Waals surface area (Å²) in [5.74, 6) is 0. The van der Waals surface area contributed by atoms with E-state index >= 15 is 0 Å². The maximum absolute atomic E-state index is 12.3. The highest BCUT2D eigenvalue weighted by Crippen LogP contribution is 2.47. The second-order valence-electron chi connectivity index (χ2n) is 6.37. The Morgan fingerprint density at radius 2 is 1.95 bits per heavy atom. The molecule has 0 aromatic heterocycles. The van der Waals surface area contributed by atoms with Gasteiger partial charge in [0, 0.05) is 18.5 Å². The van der Waals surface area contributed by atoms with Gasteiger partial charge in [0.15, 0.2) is 0 Å². The van der Waals surface area contributed by atoms with Crippen molar-refractivity contribution in [2.24, 2.45) is 5.41 Å². The summed E-state index contributed by atoms with van der Waals surface area (Å²) < 4.78 is 29.9. The molecule has 3 rings (SSSR count). The van der Waals surface area contributed by atoms with Crippen molar-refractivity contribution < 1.29 is 22.5 Å². The van der Waals surface area contributed by atoms with Gasteiger partial charge in [0.05, 0.1) is 11.0 Å². The summed E-state index contributed by atoms with van der Waals surface area (Å²) in [6, 6.07) is 6.57. The molecule has 1 saturated heterocycles. The number of carboxylic acid groups (broad SMARTS) is 1. The van der Waals surface area contributed by atoms with Crippen LogP contribution in [0.15, 0.2) is 29.2 Å². The zero-order valence-electron chi connectivity index (χ0n) is 12.4. The lowest BCUT2D eigenvalue weighted by atomic mass is 9.78. The molecule has 1 spiro atoms. The highest BCUT2D eigenvalue weighted by Gasteiger charge is 2.50. The van der Waals surface area contributed by atoms with Crippen molar-refractivity contribution >= 4 is 16.2 Å². The van der Waals surface area contributed by atoms with E-state index in [4.69, 9.17) is 9.29 Å². The summed E-state index contributed by atoms with van der Waals surface area (Å²) in [5.41, 5.74) is 0.897. The van der Waals surface area contributed by atoms with Crippen molar-refractivity contribution in [2.45, 2.75) is 37.2 Å². The monoisotopic (exact) mass is 325 g/mol. The van der Waals surface area contributed by atoms with Gasteiger partial charge >= 0.3 is 6.09 Å². The molecule has 1 N–H and O–H groups in total. The van der Waals surface area contributed by atoms with Gasteiger partial charge in [-0.25, -0.2) is 4.79 Å². The van der Waals surface area contributed by atoms with Crippen LogP contribution in [0.3, 0.4) is 0 Å². The normalized spacial score (nSPS) is 23.5. The number of likely N-dealkylation sites (tertiary alicyclic amines) is 1. The van der Waals surface area contributed by atoms with Gasteiger partial charge in [0.25, 0.3) is 10.1 Å². The van der Waals surface area contributed by atoms with Gasteiger partial charge in [0.2, 0.25) is 0 Å². The van der Waals surface area contributed by atoms with Gasteiger partial charge in [-0.3, -0.25) is 4.18 Å². The van der Waals surface area contributed by atoms with Crippen LogP contribution in [0, 0.1) is 12.3 Å². The fraction of sp³-hybridized carbons (Fsp3) is 0.533. The first-order chi connectivity index (χ1) is 10.3. The first-order valence-corrected chi connectivity index (χ1v) is 8.68. The molecule has 6 nitrogen and oxygen atoms in total. The Kier molecular flexibility index (Phi) is 3.65. The van der Waals surface area contributed by atoms with E-state index in [-0.39, 0.29) is 16.4 Å². The van der Waals surface area contributed by atoms with E-state index in [0.717, 1.165) is 12.0 Å². The van der Waals surface area contributed by atoms with Crippen LogP contribution in [0.25, 0.3) is 0 Å². The number of carbonyl (C=O) groups is 1. The molecule has 0 radical (unpaired) electrons. The fourth-order valence-electron chi connectivity index (χ4n) is 3.36. The minimum atomic E-state index is -3.75. The second kappa shape index (κ2) is 5.24. The van der Waals surface area contributed by atoms with Gasteiger partial charge < -0.3 is 10.0 Å². The molecule has 1 heterocycles. The van der Waals surface area contributed by atoms with Gasteiger partial charge in [0.1, 0.15) is 0 Å². The maximum Gasteiger partial charge on any atom is 0.407 e. The molecule has 7 heteroatoms. The van der Waals surface area contributed by atoms with Gasteiger partial charge in [-0.05, 0) is 38.3 Å². The first-order valence-electron chi connectivity index (χ1n) is 7.28. The van der Waals surface area contributed by atoms with Crippen molar-refractivity contribution in [3.63, 3.8) is 0 Å². The zero-order valence-corrected chi connectivity index (χ0v) is 13.2. The lowest BCUT2D eigenvalue weighted by molar-refractivity contribution is 0.00827. The Bertz CT molecular complexity index is 676. The van der Waals surface area contributed by atoms with Crippen LogP contribution in [-0.2, 0) is 14.3 Å². The van der Waals surface area contributed by atoms with E-state index in [1.165, 1.54) is 4.90 Å². The van der Waals surface area contributed by atoms with Gasteiger partial charge in [-0.2, -0.15) is 8.42 Å². The number of amides is 1. The minimum Gasteiger partial charge on any atom is -0.465 e. The van der Waals surface area contributed by atoms with Crippen LogP contribution in [0.5, 0.6) is 0 Å². The SMILES string of the molecule is Cc1ccc(S(=O)(=O)O[C@H]2CCC3(C2)CN(C(=O)O)C3)cc1. The molecule has 0 unspecified atom stereocenters. The molecule has 1 aromatic rings. The molecule has 0 bridgehead atoms. The van der Waals surface area contributed by atoms with E-state index in [0.29, 0.717) is 25.9 Å². The summed E-state index contributed by atoms with van der Waals surface area (Å²) in [6.07, 6.45) is 0.787. The topological polar surface area (TPSA) is 83.9 Å². The number of hydrogen-bond acceptors (Lipinski definition) is 4. The highest BCUT2D eigenvalue weighted by molar-refractivity contribution is 7.86. The number of aryl methyl sites for hydroxylation is 1. The average Bonchev–Trinajstić information content (AvgIpc) is 2.80. The van der Waals surface area contributed by atoms with Gasteiger partial charge in [-0.15, -0.1) is 0 Å². The Morgan fingerprint density at radius 3 is 2.55 bits per heavy atom. The summed E-state index contributed by atoms with van der Waals surface area (Å²) >= 11 is 0.